The summed E-state index contributed by atoms with van der Waals surface area (Å²) in [6, 6.07) is 13.4. The lowest BCUT2D eigenvalue weighted by Crippen LogP contribution is -2.32. The van der Waals surface area contributed by atoms with Crippen molar-refractivity contribution in [1.82, 2.24) is 5.32 Å². The third-order valence-electron chi connectivity index (χ3n) is 4.84. The Balaban J connectivity index is 1.41. The number of rotatable bonds is 8. The predicted molar refractivity (Wildman–Crippen MR) is 108 cm³/mol. The fourth-order valence-corrected chi connectivity index (χ4v) is 3.21. The van der Waals surface area contributed by atoms with Crippen molar-refractivity contribution in [2.75, 3.05) is 31.7 Å². The summed E-state index contributed by atoms with van der Waals surface area (Å²) < 4.78 is 24.0. The highest BCUT2D eigenvalue weighted by atomic mass is 19.1. The number of ether oxygens (including phenoxy) is 2. The summed E-state index contributed by atoms with van der Waals surface area (Å²) in [5.74, 6) is -1.93. The zero-order valence-electron chi connectivity index (χ0n) is 16.6. The summed E-state index contributed by atoms with van der Waals surface area (Å²) >= 11 is 0. The van der Waals surface area contributed by atoms with Crippen LogP contribution < -0.4 is 15.0 Å². The summed E-state index contributed by atoms with van der Waals surface area (Å²) in [6.45, 7) is -0.00475. The number of benzene rings is 2. The molecule has 1 aliphatic heterocycles. The van der Waals surface area contributed by atoms with Gasteiger partial charge in [0, 0.05) is 19.5 Å². The zero-order chi connectivity index (χ0) is 21.5. The number of para-hydroxylation sites is 1. The molecule has 0 unspecified atom stereocenters. The van der Waals surface area contributed by atoms with Crippen LogP contribution in [0, 0.1) is 11.7 Å². The van der Waals surface area contributed by atoms with Crippen LogP contribution in [0.15, 0.2) is 48.5 Å². The predicted octanol–water partition coefficient (Wildman–Crippen LogP) is 2.09. The van der Waals surface area contributed by atoms with Gasteiger partial charge in [-0.2, -0.15) is 0 Å². The zero-order valence-corrected chi connectivity index (χ0v) is 16.6. The van der Waals surface area contributed by atoms with Gasteiger partial charge in [0.25, 0.3) is 5.91 Å². The first-order valence-electron chi connectivity index (χ1n) is 9.59. The number of carbonyl (C=O) groups excluding carboxylic acids is 3. The van der Waals surface area contributed by atoms with Gasteiger partial charge in [-0.25, -0.2) is 4.39 Å². The monoisotopic (exact) mass is 414 g/mol. The summed E-state index contributed by atoms with van der Waals surface area (Å²) in [4.78, 5) is 37.5. The van der Waals surface area contributed by atoms with Gasteiger partial charge in [-0.1, -0.05) is 24.3 Å². The van der Waals surface area contributed by atoms with Crippen molar-refractivity contribution in [2.24, 2.45) is 5.92 Å². The van der Waals surface area contributed by atoms with E-state index in [0.29, 0.717) is 13.0 Å². The molecule has 2 aromatic carbocycles. The SMILES string of the molecule is COc1ccc(CCNC(=O)COC(=O)[C@@H]2CC(=O)N(c3ccccc3F)C2)cc1. The number of hydrogen-bond donors (Lipinski definition) is 1. The maximum Gasteiger partial charge on any atom is 0.311 e. The first-order chi connectivity index (χ1) is 14.5. The molecule has 1 atom stereocenters. The standard InChI is InChI=1S/C22H23FN2O5/c1-29-17-8-6-15(7-9-17)10-11-24-20(26)14-30-22(28)16-12-21(27)25(13-16)19-5-3-2-4-18(19)23/h2-9,16H,10-14H2,1H3,(H,24,26)/t16-/m1/s1. The van der Waals surface area contributed by atoms with E-state index >= 15 is 0 Å². The second-order valence-electron chi connectivity index (χ2n) is 6.91. The minimum atomic E-state index is -0.732. The molecule has 30 heavy (non-hydrogen) atoms. The van der Waals surface area contributed by atoms with Crippen LogP contribution in [0.25, 0.3) is 0 Å². The highest BCUT2D eigenvalue weighted by Gasteiger charge is 2.37. The fourth-order valence-electron chi connectivity index (χ4n) is 3.21. The van der Waals surface area contributed by atoms with Gasteiger partial charge in [0.15, 0.2) is 6.61 Å². The van der Waals surface area contributed by atoms with Gasteiger partial charge in [0.2, 0.25) is 5.91 Å². The molecule has 0 saturated carbocycles. The van der Waals surface area contributed by atoms with E-state index < -0.39 is 30.2 Å². The van der Waals surface area contributed by atoms with Crippen molar-refractivity contribution in [3.63, 3.8) is 0 Å². The normalized spacial score (nSPS) is 15.7. The van der Waals surface area contributed by atoms with Crippen LogP contribution >= 0.6 is 0 Å². The van der Waals surface area contributed by atoms with E-state index in [4.69, 9.17) is 9.47 Å². The Labute approximate surface area is 173 Å². The van der Waals surface area contributed by atoms with Gasteiger partial charge >= 0.3 is 5.97 Å². The molecule has 0 spiro atoms. The molecule has 1 N–H and O–H groups in total. The van der Waals surface area contributed by atoms with E-state index in [1.807, 2.05) is 24.3 Å². The number of esters is 1. The van der Waals surface area contributed by atoms with Crippen molar-refractivity contribution in [1.29, 1.82) is 0 Å². The molecule has 0 radical (unpaired) electrons. The van der Waals surface area contributed by atoms with Crippen LogP contribution in [-0.2, 0) is 25.5 Å². The number of anilines is 1. The van der Waals surface area contributed by atoms with Crippen molar-refractivity contribution < 1.29 is 28.2 Å². The fraction of sp³-hybridized carbons (Fsp3) is 0.318. The summed E-state index contributed by atoms with van der Waals surface area (Å²) in [5, 5.41) is 2.68. The molecule has 0 bridgehead atoms. The summed E-state index contributed by atoms with van der Waals surface area (Å²) in [6.07, 6.45) is 0.546. The van der Waals surface area contributed by atoms with Crippen molar-refractivity contribution >= 4 is 23.5 Å². The molecule has 2 amide bonds. The molecule has 3 rings (SSSR count). The number of halogens is 1. The Morgan fingerprint density at radius 1 is 1.17 bits per heavy atom. The second kappa shape index (κ2) is 9.87. The lowest BCUT2D eigenvalue weighted by Gasteiger charge is -2.17. The molecule has 1 saturated heterocycles. The number of nitrogens with zero attached hydrogens (tertiary/aromatic N) is 1. The average Bonchev–Trinajstić information content (AvgIpc) is 3.14. The molecule has 0 aromatic heterocycles. The summed E-state index contributed by atoms with van der Waals surface area (Å²) in [7, 11) is 1.59. The maximum absolute atomic E-state index is 13.9. The van der Waals surface area contributed by atoms with E-state index in [2.05, 4.69) is 5.32 Å². The van der Waals surface area contributed by atoms with Gasteiger partial charge in [-0.05, 0) is 36.2 Å². The van der Waals surface area contributed by atoms with E-state index in [1.54, 1.807) is 13.2 Å². The van der Waals surface area contributed by atoms with Gasteiger partial charge < -0.3 is 19.7 Å². The molecule has 1 aliphatic rings. The van der Waals surface area contributed by atoms with Crippen molar-refractivity contribution in [3.05, 3.63) is 59.9 Å². The Kier molecular flexibility index (Phi) is 7.00. The Hall–Kier alpha value is -3.42. The first-order valence-corrected chi connectivity index (χ1v) is 9.59. The quantitative estimate of drug-likeness (QED) is 0.669. The van der Waals surface area contributed by atoms with E-state index in [9.17, 15) is 18.8 Å². The largest absolute Gasteiger partial charge is 0.497 e. The Morgan fingerprint density at radius 3 is 2.60 bits per heavy atom. The number of nitrogens with one attached hydrogen (secondary N) is 1. The maximum atomic E-state index is 13.9. The highest BCUT2D eigenvalue weighted by molar-refractivity contribution is 5.99. The molecular weight excluding hydrogens is 391 g/mol. The van der Waals surface area contributed by atoms with Crippen LogP contribution in [0.4, 0.5) is 10.1 Å². The van der Waals surface area contributed by atoms with Crippen LogP contribution in [0.2, 0.25) is 0 Å². The second-order valence-corrected chi connectivity index (χ2v) is 6.91. The van der Waals surface area contributed by atoms with E-state index in [1.165, 1.54) is 23.1 Å². The molecule has 7 nitrogen and oxygen atoms in total. The molecular formula is C22H23FN2O5. The average molecular weight is 414 g/mol. The topological polar surface area (TPSA) is 84.9 Å². The van der Waals surface area contributed by atoms with Gasteiger partial charge in [0.05, 0.1) is 18.7 Å². The van der Waals surface area contributed by atoms with Crippen LogP contribution in [0.1, 0.15) is 12.0 Å². The number of methoxy groups -OCH3 is 1. The Morgan fingerprint density at radius 2 is 1.90 bits per heavy atom. The van der Waals surface area contributed by atoms with Crippen molar-refractivity contribution in [2.45, 2.75) is 12.8 Å². The van der Waals surface area contributed by atoms with Crippen LogP contribution in [0.5, 0.6) is 5.75 Å². The third-order valence-corrected chi connectivity index (χ3v) is 4.84. The van der Waals surface area contributed by atoms with E-state index in [0.717, 1.165) is 11.3 Å². The lowest BCUT2D eigenvalue weighted by molar-refractivity contribution is -0.152. The van der Waals surface area contributed by atoms with Crippen molar-refractivity contribution in [3.8, 4) is 5.75 Å². The molecule has 8 heteroatoms. The van der Waals surface area contributed by atoms with Crippen LogP contribution in [0.3, 0.4) is 0 Å². The number of amides is 2. The van der Waals surface area contributed by atoms with Gasteiger partial charge in [-0.3, -0.25) is 14.4 Å². The third kappa shape index (κ3) is 5.34. The number of carbonyl (C=O) groups is 3. The highest BCUT2D eigenvalue weighted by Crippen LogP contribution is 2.27. The molecule has 2 aromatic rings. The first kappa shape index (κ1) is 21.3. The molecule has 0 aliphatic carbocycles. The minimum Gasteiger partial charge on any atom is -0.497 e. The van der Waals surface area contributed by atoms with Crippen LogP contribution in [-0.4, -0.2) is 44.6 Å². The molecule has 1 fully saturated rings. The molecule has 158 valence electrons. The smallest absolute Gasteiger partial charge is 0.311 e. The van der Waals surface area contributed by atoms with E-state index in [-0.39, 0.29) is 24.6 Å². The number of hydrogen-bond acceptors (Lipinski definition) is 5. The summed E-state index contributed by atoms with van der Waals surface area (Å²) in [5.41, 5.74) is 1.17. The lowest BCUT2D eigenvalue weighted by atomic mass is 10.1. The minimum absolute atomic E-state index is 0.0255. The Bertz CT molecular complexity index is 916. The van der Waals surface area contributed by atoms with Gasteiger partial charge in [-0.15, -0.1) is 0 Å². The molecule has 1 heterocycles. The van der Waals surface area contributed by atoms with Gasteiger partial charge in [0.1, 0.15) is 11.6 Å².